The molecule has 4 rings (SSSR count). The first-order valence-electron chi connectivity index (χ1n) is 7.90. The number of aromatic nitrogens is 1. The van der Waals surface area contributed by atoms with E-state index < -0.39 is 5.91 Å². The molecule has 1 amide bonds. The predicted octanol–water partition coefficient (Wildman–Crippen LogP) is 5.39. The fourth-order valence-corrected chi connectivity index (χ4v) is 3.72. The minimum atomic E-state index is -0.556. The summed E-state index contributed by atoms with van der Waals surface area (Å²) in [5.74, 6) is -0.934. The molecule has 3 aromatic carbocycles. The Morgan fingerprint density at radius 2 is 1.81 bits per heavy atom. The zero-order valence-corrected chi connectivity index (χ0v) is 15.0. The maximum absolute atomic E-state index is 13.9. The Hall–Kier alpha value is -2.56. The summed E-state index contributed by atoms with van der Waals surface area (Å²) in [7, 11) is 0. The molecule has 0 unspecified atom stereocenters. The molecule has 130 valence electrons. The Morgan fingerprint density at radius 1 is 1.04 bits per heavy atom. The SMILES string of the molecule is NC(=O)c1cccc2c1c1cc(F)ccc1n2Cc1cccc(Cl)c1Cl. The Morgan fingerprint density at radius 3 is 2.58 bits per heavy atom. The second kappa shape index (κ2) is 6.31. The highest BCUT2D eigenvalue weighted by molar-refractivity contribution is 6.42. The first kappa shape index (κ1) is 16.9. The summed E-state index contributed by atoms with van der Waals surface area (Å²) >= 11 is 12.5. The molecule has 3 nitrogen and oxygen atoms in total. The van der Waals surface area contributed by atoms with Crippen molar-refractivity contribution in [2.45, 2.75) is 6.54 Å². The van der Waals surface area contributed by atoms with Crippen LogP contribution in [0.25, 0.3) is 21.8 Å². The van der Waals surface area contributed by atoms with E-state index in [2.05, 4.69) is 0 Å². The number of fused-ring (bicyclic) bond motifs is 3. The van der Waals surface area contributed by atoms with Gasteiger partial charge in [-0.3, -0.25) is 4.79 Å². The van der Waals surface area contributed by atoms with Crippen molar-refractivity contribution in [2.24, 2.45) is 5.73 Å². The van der Waals surface area contributed by atoms with E-state index in [1.807, 2.05) is 22.8 Å². The third-order valence-corrected chi connectivity index (χ3v) is 5.34. The fourth-order valence-electron chi connectivity index (χ4n) is 3.34. The number of rotatable bonds is 3. The number of benzene rings is 3. The summed E-state index contributed by atoms with van der Waals surface area (Å²) in [6, 6.07) is 15.2. The monoisotopic (exact) mass is 386 g/mol. The molecule has 0 bridgehead atoms. The van der Waals surface area contributed by atoms with Crippen LogP contribution in [0.3, 0.4) is 0 Å². The number of nitrogens with two attached hydrogens (primary N) is 1. The Kier molecular flexibility index (Phi) is 4.10. The van der Waals surface area contributed by atoms with E-state index in [9.17, 15) is 9.18 Å². The smallest absolute Gasteiger partial charge is 0.249 e. The summed E-state index contributed by atoms with van der Waals surface area (Å²) in [5.41, 5.74) is 8.27. The van der Waals surface area contributed by atoms with Gasteiger partial charge in [0.1, 0.15) is 5.82 Å². The molecule has 0 aliphatic carbocycles. The number of carbonyl (C=O) groups is 1. The summed E-state index contributed by atoms with van der Waals surface area (Å²) in [4.78, 5) is 11.9. The Balaban J connectivity index is 2.06. The average Bonchev–Trinajstić information content (AvgIpc) is 2.92. The van der Waals surface area contributed by atoms with Crippen molar-refractivity contribution in [3.8, 4) is 0 Å². The number of hydrogen-bond acceptors (Lipinski definition) is 1. The molecular weight excluding hydrogens is 374 g/mol. The second-order valence-corrected chi connectivity index (χ2v) is 6.81. The van der Waals surface area contributed by atoms with E-state index in [1.165, 1.54) is 12.1 Å². The molecule has 1 heterocycles. The quantitative estimate of drug-likeness (QED) is 0.504. The highest BCUT2D eigenvalue weighted by Crippen LogP contribution is 2.34. The van der Waals surface area contributed by atoms with Gasteiger partial charge in [0.05, 0.1) is 15.6 Å². The summed E-state index contributed by atoms with van der Waals surface area (Å²) in [6.07, 6.45) is 0. The van der Waals surface area contributed by atoms with Crippen LogP contribution in [0.4, 0.5) is 4.39 Å². The first-order valence-corrected chi connectivity index (χ1v) is 8.66. The number of nitrogens with zero attached hydrogens (tertiary/aromatic N) is 1. The fraction of sp³-hybridized carbons (Fsp3) is 0.0500. The largest absolute Gasteiger partial charge is 0.366 e. The van der Waals surface area contributed by atoms with Gasteiger partial charge in [-0.25, -0.2) is 4.39 Å². The number of carbonyl (C=O) groups excluding carboxylic acids is 1. The number of primary amides is 1. The second-order valence-electron chi connectivity index (χ2n) is 6.02. The van der Waals surface area contributed by atoms with E-state index in [-0.39, 0.29) is 5.82 Å². The third kappa shape index (κ3) is 2.62. The topological polar surface area (TPSA) is 48.0 Å². The molecule has 1 aromatic heterocycles. The average molecular weight is 387 g/mol. The lowest BCUT2D eigenvalue weighted by molar-refractivity contribution is 0.100. The van der Waals surface area contributed by atoms with Crippen LogP contribution in [-0.4, -0.2) is 10.5 Å². The zero-order valence-electron chi connectivity index (χ0n) is 13.5. The van der Waals surface area contributed by atoms with Gasteiger partial charge in [0.15, 0.2) is 0 Å². The molecule has 0 atom stereocenters. The van der Waals surface area contributed by atoms with Crippen LogP contribution >= 0.6 is 23.2 Å². The molecule has 2 N–H and O–H groups in total. The van der Waals surface area contributed by atoms with Crippen LogP contribution in [-0.2, 0) is 6.54 Å². The molecule has 6 heteroatoms. The summed E-state index contributed by atoms with van der Waals surface area (Å²) in [5, 5.41) is 2.20. The molecule has 4 aromatic rings. The lowest BCUT2D eigenvalue weighted by Gasteiger charge is -2.10. The zero-order chi connectivity index (χ0) is 18.4. The standard InChI is InChI=1S/C20H13Cl2FN2O/c21-15-5-1-3-11(19(15)22)10-25-16-8-7-12(23)9-14(16)18-13(20(24)26)4-2-6-17(18)25/h1-9H,10H2,(H2,24,26). The number of hydrogen-bond donors (Lipinski definition) is 1. The van der Waals surface area contributed by atoms with Crippen molar-refractivity contribution in [3.05, 3.63) is 81.6 Å². The van der Waals surface area contributed by atoms with Crippen LogP contribution in [0.15, 0.2) is 54.6 Å². The highest BCUT2D eigenvalue weighted by Gasteiger charge is 2.18. The maximum atomic E-state index is 13.9. The molecule has 0 saturated carbocycles. The minimum Gasteiger partial charge on any atom is -0.366 e. The lowest BCUT2D eigenvalue weighted by Crippen LogP contribution is -2.11. The van der Waals surface area contributed by atoms with Crippen LogP contribution in [0.1, 0.15) is 15.9 Å². The Bertz CT molecular complexity index is 1180. The first-order chi connectivity index (χ1) is 12.5. The molecule has 26 heavy (non-hydrogen) atoms. The van der Waals surface area contributed by atoms with Gasteiger partial charge < -0.3 is 10.3 Å². The van der Waals surface area contributed by atoms with Gasteiger partial charge in [-0.05, 0) is 42.0 Å². The van der Waals surface area contributed by atoms with Gasteiger partial charge in [0, 0.05) is 28.4 Å². The van der Waals surface area contributed by atoms with Crippen molar-refractivity contribution in [2.75, 3.05) is 0 Å². The molecule has 0 radical (unpaired) electrons. The lowest BCUT2D eigenvalue weighted by atomic mass is 10.1. The number of halogens is 3. The van der Waals surface area contributed by atoms with Crippen molar-refractivity contribution in [1.82, 2.24) is 4.57 Å². The van der Waals surface area contributed by atoms with Crippen LogP contribution < -0.4 is 5.73 Å². The van der Waals surface area contributed by atoms with Crippen LogP contribution in [0.5, 0.6) is 0 Å². The van der Waals surface area contributed by atoms with E-state index in [0.717, 1.165) is 16.6 Å². The van der Waals surface area contributed by atoms with Gasteiger partial charge in [0.25, 0.3) is 0 Å². The van der Waals surface area contributed by atoms with E-state index in [4.69, 9.17) is 28.9 Å². The molecule has 0 saturated heterocycles. The van der Waals surface area contributed by atoms with Gasteiger partial charge >= 0.3 is 0 Å². The summed E-state index contributed by atoms with van der Waals surface area (Å²) < 4.78 is 15.9. The normalized spacial score (nSPS) is 11.3. The van der Waals surface area contributed by atoms with Gasteiger partial charge in [-0.15, -0.1) is 0 Å². The van der Waals surface area contributed by atoms with Crippen molar-refractivity contribution in [1.29, 1.82) is 0 Å². The summed E-state index contributed by atoms with van der Waals surface area (Å²) in [6.45, 7) is 0.424. The molecule has 0 fully saturated rings. The molecule has 0 aliphatic heterocycles. The van der Waals surface area contributed by atoms with Crippen LogP contribution in [0.2, 0.25) is 10.0 Å². The molecule has 0 spiro atoms. The van der Waals surface area contributed by atoms with Gasteiger partial charge in [-0.2, -0.15) is 0 Å². The van der Waals surface area contributed by atoms with E-state index >= 15 is 0 Å². The van der Waals surface area contributed by atoms with E-state index in [1.54, 1.807) is 24.3 Å². The van der Waals surface area contributed by atoms with Crippen molar-refractivity contribution in [3.63, 3.8) is 0 Å². The minimum absolute atomic E-state index is 0.356. The maximum Gasteiger partial charge on any atom is 0.249 e. The molecule has 0 aliphatic rings. The van der Waals surface area contributed by atoms with Gasteiger partial charge in [-0.1, -0.05) is 41.4 Å². The van der Waals surface area contributed by atoms with E-state index in [0.29, 0.717) is 32.9 Å². The Labute approximate surface area is 158 Å². The van der Waals surface area contributed by atoms with Crippen molar-refractivity contribution >= 4 is 50.9 Å². The predicted molar refractivity (Wildman–Crippen MR) is 103 cm³/mol. The molecular formula is C20H13Cl2FN2O. The third-order valence-electron chi connectivity index (χ3n) is 4.48. The van der Waals surface area contributed by atoms with Crippen molar-refractivity contribution < 1.29 is 9.18 Å². The highest BCUT2D eigenvalue weighted by atomic mass is 35.5. The van der Waals surface area contributed by atoms with Crippen LogP contribution in [0, 0.1) is 5.82 Å². The number of amides is 1. The van der Waals surface area contributed by atoms with Gasteiger partial charge in [0.2, 0.25) is 5.91 Å².